The predicted molar refractivity (Wildman–Crippen MR) is 102 cm³/mol. The third kappa shape index (κ3) is 3.94. The van der Waals surface area contributed by atoms with Gasteiger partial charge in [0.2, 0.25) is 5.91 Å². The van der Waals surface area contributed by atoms with Gasteiger partial charge in [0.15, 0.2) is 0 Å². The zero-order valence-corrected chi connectivity index (χ0v) is 15.9. The Morgan fingerprint density at radius 3 is 2.46 bits per heavy atom. The molecule has 1 aromatic carbocycles. The minimum absolute atomic E-state index is 0.0409. The highest BCUT2D eigenvalue weighted by atomic mass is 16.5. The molecule has 3 rings (SSSR count). The van der Waals surface area contributed by atoms with E-state index in [2.05, 4.69) is 19.2 Å². The van der Waals surface area contributed by atoms with E-state index in [0.717, 1.165) is 24.3 Å². The molecule has 0 radical (unpaired) electrons. The van der Waals surface area contributed by atoms with Gasteiger partial charge in [0.25, 0.3) is 0 Å². The maximum Gasteiger partial charge on any atom is 0.318 e. The molecule has 6 nitrogen and oxygen atoms in total. The van der Waals surface area contributed by atoms with E-state index in [1.54, 1.807) is 4.90 Å². The smallest absolute Gasteiger partial charge is 0.318 e. The molecule has 0 saturated carbocycles. The number of urea groups is 1. The van der Waals surface area contributed by atoms with E-state index >= 15 is 0 Å². The fourth-order valence-electron chi connectivity index (χ4n) is 4.01. The van der Waals surface area contributed by atoms with Crippen molar-refractivity contribution >= 4 is 17.6 Å². The first-order valence-electron chi connectivity index (χ1n) is 9.61. The van der Waals surface area contributed by atoms with Crippen LogP contribution in [0.25, 0.3) is 0 Å². The van der Waals surface area contributed by atoms with Gasteiger partial charge in [-0.1, -0.05) is 0 Å². The average Bonchev–Trinajstić information content (AvgIpc) is 2.96. The van der Waals surface area contributed by atoms with Gasteiger partial charge in [0.05, 0.1) is 12.6 Å². The van der Waals surface area contributed by atoms with E-state index in [9.17, 15) is 9.59 Å². The summed E-state index contributed by atoms with van der Waals surface area (Å²) in [6.45, 7) is 7.26. The van der Waals surface area contributed by atoms with Gasteiger partial charge in [-0.25, -0.2) is 4.79 Å². The monoisotopic (exact) mass is 359 g/mol. The number of amides is 3. The fraction of sp³-hybridized carbons (Fsp3) is 0.600. The second-order valence-corrected chi connectivity index (χ2v) is 7.32. The highest BCUT2D eigenvalue weighted by Gasteiger charge is 2.35. The van der Waals surface area contributed by atoms with Crippen molar-refractivity contribution in [1.29, 1.82) is 0 Å². The zero-order valence-electron chi connectivity index (χ0n) is 15.9. The van der Waals surface area contributed by atoms with Gasteiger partial charge in [-0.15, -0.1) is 0 Å². The summed E-state index contributed by atoms with van der Waals surface area (Å²) in [6.07, 6.45) is 3.59. The summed E-state index contributed by atoms with van der Waals surface area (Å²) in [5.41, 5.74) is 0.843. The van der Waals surface area contributed by atoms with Gasteiger partial charge in [-0.3, -0.25) is 4.79 Å². The van der Waals surface area contributed by atoms with Crippen molar-refractivity contribution in [2.75, 3.05) is 18.1 Å². The Bertz CT molecular complexity index is 636. The fourth-order valence-corrected chi connectivity index (χ4v) is 4.01. The van der Waals surface area contributed by atoms with Gasteiger partial charge in [-0.2, -0.15) is 0 Å². The van der Waals surface area contributed by atoms with Crippen LogP contribution in [0.15, 0.2) is 24.3 Å². The van der Waals surface area contributed by atoms with Gasteiger partial charge in [-0.05, 0) is 64.3 Å². The summed E-state index contributed by atoms with van der Waals surface area (Å²) >= 11 is 0. The first kappa shape index (κ1) is 18.5. The van der Waals surface area contributed by atoms with Crippen molar-refractivity contribution in [2.45, 2.75) is 64.6 Å². The molecule has 26 heavy (non-hydrogen) atoms. The van der Waals surface area contributed by atoms with E-state index in [-0.39, 0.29) is 30.1 Å². The highest BCUT2D eigenvalue weighted by Crippen LogP contribution is 2.26. The van der Waals surface area contributed by atoms with E-state index < -0.39 is 0 Å². The lowest BCUT2D eigenvalue weighted by Crippen LogP contribution is -2.54. The second kappa shape index (κ2) is 7.98. The van der Waals surface area contributed by atoms with Gasteiger partial charge >= 0.3 is 6.03 Å². The largest absolute Gasteiger partial charge is 0.494 e. The Morgan fingerprint density at radius 2 is 1.85 bits per heavy atom. The minimum Gasteiger partial charge on any atom is -0.494 e. The van der Waals surface area contributed by atoms with E-state index in [4.69, 9.17) is 4.74 Å². The van der Waals surface area contributed by atoms with Crippen LogP contribution in [0.2, 0.25) is 0 Å². The number of carbonyl (C=O) groups is 2. The number of benzene rings is 1. The van der Waals surface area contributed by atoms with Crippen molar-refractivity contribution in [3.63, 3.8) is 0 Å². The highest BCUT2D eigenvalue weighted by molar-refractivity contribution is 5.96. The number of hydrogen-bond acceptors (Lipinski definition) is 3. The number of nitrogens with one attached hydrogen (secondary N) is 1. The molecule has 2 fully saturated rings. The molecule has 0 unspecified atom stereocenters. The number of anilines is 1. The van der Waals surface area contributed by atoms with Crippen molar-refractivity contribution in [1.82, 2.24) is 10.2 Å². The molecule has 2 heterocycles. The Hall–Kier alpha value is -2.24. The molecule has 2 saturated heterocycles. The number of hydrogen-bond donors (Lipinski definition) is 1. The molecule has 0 bridgehead atoms. The number of carbonyl (C=O) groups excluding carboxylic acids is 2. The van der Waals surface area contributed by atoms with Crippen LogP contribution < -0.4 is 15.0 Å². The molecule has 142 valence electrons. The summed E-state index contributed by atoms with van der Waals surface area (Å²) in [4.78, 5) is 28.8. The van der Waals surface area contributed by atoms with E-state index in [1.165, 1.54) is 6.42 Å². The number of rotatable bonds is 4. The molecular formula is C20H29N3O3. The van der Waals surface area contributed by atoms with Crippen molar-refractivity contribution in [3.05, 3.63) is 24.3 Å². The number of ether oxygens (including phenoxy) is 1. The normalized spacial score (nSPS) is 26.1. The van der Waals surface area contributed by atoms with Crippen molar-refractivity contribution < 1.29 is 14.3 Å². The quantitative estimate of drug-likeness (QED) is 0.898. The Morgan fingerprint density at radius 1 is 1.19 bits per heavy atom. The minimum atomic E-state index is -0.150. The molecule has 2 aliphatic heterocycles. The Kier molecular flexibility index (Phi) is 5.69. The lowest BCUT2D eigenvalue weighted by Gasteiger charge is -2.39. The van der Waals surface area contributed by atoms with Crippen LogP contribution in [0.4, 0.5) is 10.5 Å². The van der Waals surface area contributed by atoms with Crippen LogP contribution in [0.1, 0.15) is 46.5 Å². The summed E-state index contributed by atoms with van der Waals surface area (Å²) in [5.74, 6) is 0.833. The van der Waals surface area contributed by atoms with Crippen LogP contribution >= 0.6 is 0 Å². The standard InChI is InChI=1S/C20H29N3O3/c1-4-26-18-10-8-17(9-11-18)22-13-16(12-19(22)24)21-20(25)23-14(2)6-5-7-15(23)3/h8-11,14-16H,4-7,12-13H2,1-3H3,(H,21,25)/t14-,15+,16-/m1/s1. The lowest BCUT2D eigenvalue weighted by molar-refractivity contribution is -0.117. The summed E-state index contributed by atoms with van der Waals surface area (Å²) in [5, 5.41) is 3.07. The van der Waals surface area contributed by atoms with Gasteiger partial charge in [0, 0.05) is 30.7 Å². The number of likely N-dealkylation sites (tertiary alicyclic amines) is 1. The number of piperidine rings is 1. The molecule has 3 atom stereocenters. The van der Waals surface area contributed by atoms with Gasteiger partial charge in [0.1, 0.15) is 5.75 Å². The van der Waals surface area contributed by atoms with E-state index in [1.807, 2.05) is 36.1 Å². The third-order valence-corrected chi connectivity index (χ3v) is 5.34. The predicted octanol–water partition coefficient (Wildman–Crippen LogP) is 3.16. The molecule has 1 aromatic rings. The molecule has 1 N–H and O–H groups in total. The van der Waals surface area contributed by atoms with Gasteiger partial charge < -0.3 is 19.9 Å². The van der Waals surface area contributed by atoms with Crippen molar-refractivity contribution in [2.24, 2.45) is 0 Å². The van der Waals surface area contributed by atoms with Crippen molar-refractivity contribution in [3.8, 4) is 5.75 Å². The second-order valence-electron chi connectivity index (χ2n) is 7.32. The molecule has 0 spiro atoms. The van der Waals surface area contributed by atoms with Crippen LogP contribution in [0, 0.1) is 0 Å². The Balaban J connectivity index is 1.61. The maximum atomic E-state index is 12.7. The summed E-state index contributed by atoms with van der Waals surface area (Å²) in [6, 6.07) is 7.82. The topological polar surface area (TPSA) is 61.9 Å². The molecule has 2 aliphatic rings. The average molecular weight is 359 g/mol. The molecule has 6 heteroatoms. The first-order valence-corrected chi connectivity index (χ1v) is 9.61. The number of nitrogens with zero attached hydrogens (tertiary/aromatic N) is 2. The molecule has 3 amide bonds. The van der Waals surface area contributed by atoms with Crippen LogP contribution in [0.5, 0.6) is 5.75 Å². The molecule has 0 aromatic heterocycles. The summed E-state index contributed by atoms with van der Waals surface area (Å²) < 4.78 is 5.45. The zero-order chi connectivity index (χ0) is 18.7. The first-order chi connectivity index (χ1) is 12.5. The van der Waals surface area contributed by atoms with E-state index in [0.29, 0.717) is 19.6 Å². The summed E-state index contributed by atoms with van der Waals surface area (Å²) in [7, 11) is 0. The third-order valence-electron chi connectivity index (χ3n) is 5.34. The van der Waals surface area contributed by atoms with Crippen LogP contribution in [-0.2, 0) is 4.79 Å². The van der Waals surface area contributed by atoms with Crippen LogP contribution in [-0.4, -0.2) is 48.1 Å². The maximum absolute atomic E-state index is 12.7. The van der Waals surface area contributed by atoms with Crippen LogP contribution in [0.3, 0.4) is 0 Å². The Labute approximate surface area is 155 Å². The SMILES string of the molecule is CCOc1ccc(N2C[C@H](NC(=O)N3[C@H](C)CCC[C@@H]3C)CC2=O)cc1. The lowest BCUT2D eigenvalue weighted by atomic mass is 9.98. The molecular weight excluding hydrogens is 330 g/mol. The molecule has 0 aliphatic carbocycles.